The summed E-state index contributed by atoms with van der Waals surface area (Å²) in [5, 5.41) is 5.04. The van der Waals surface area contributed by atoms with Crippen LogP contribution in [0.3, 0.4) is 0 Å². The van der Waals surface area contributed by atoms with Crippen molar-refractivity contribution in [3.05, 3.63) is 82.7 Å². The van der Waals surface area contributed by atoms with Crippen molar-refractivity contribution in [2.75, 3.05) is 16.8 Å². The number of thiophene rings is 1. The highest BCUT2D eigenvalue weighted by Crippen LogP contribution is 2.36. The van der Waals surface area contributed by atoms with Crippen LogP contribution >= 0.6 is 11.3 Å². The van der Waals surface area contributed by atoms with Crippen LogP contribution < -0.4 is 15.0 Å². The Kier molecular flexibility index (Phi) is 5.44. The van der Waals surface area contributed by atoms with Crippen LogP contribution in [0.1, 0.15) is 18.2 Å². The van der Waals surface area contributed by atoms with Crippen molar-refractivity contribution in [1.29, 1.82) is 0 Å². The summed E-state index contributed by atoms with van der Waals surface area (Å²) in [6.45, 7) is 2.60. The minimum atomic E-state index is -0.380. The molecule has 4 rings (SSSR count). The first-order valence-electron chi connectivity index (χ1n) is 9.41. The van der Waals surface area contributed by atoms with Crippen molar-refractivity contribution >= 4 is 40.1 Å². The van der Waals surface area contributed by atoms with Gasteiger partial charge in [-0.2, -0.15) is 0 Å². The lowest BCUT2D eigenvalue weighted by atomic mass is 10.2. The molecular formula is C23H20N2O3S. The molecule has 0 saturated carbocycles. The van der Waals surface area contributed by atoms with Crippen molar-refractivity contribution in [2.45, 2.75) is 13.3 Å². The third-order valence-electron chi connectivity index (χ3n) is 4.44. The number of hydrogen-bond donors (Lipinski definition) is 1. The average Bonchev–Trinajstić information content (AvgIpc) is 3.34. The summed E-state index contributed by atoms with van der Waals surface area (Å²) in [4.78, 5) is 28.6. The predicted octanol–water partition coefficient (Wildman–Crippen LogP) is 4.93. The fourth-order valence-electron chi connectivity index (χ4n) is 3.13. The van der Waals surface area contributed by atoms with Gasteiger partial charge in [0.1, 0.15) is 11.4 Å². The Hall–Kier alpha value is -3.38. The van der Waals surface area contributed by atoms with Crippen LogP contribution in [0.5, 0.6) is 5.75 Å². The molecule has 3 aromatic rings. The van der Waals surface area contributed by atoms with E-state index >= 15 is 0 Å². The zero-order valence-electron chi connectivity index (χ0n) is 15.9. The largest absolute Gasteiger partial charge is 0.494 e. The molecule has 0 saturated heterocycles. The van der Waals surface area contributed by atoms with Crippen molar-refractivity contribution in [2.24, 2.45) is 0 Å². The van der Waals surface area contributed by atoms with Gasteiger partial charge in [-0.15, -0.1) is 11.3 Å². The van der Waals surface area contributed by atoms with Gasteiger partial charge in [-0.05, 0) is 42.1 Å². The number of para-hydroxylation sites is 1. The maximum absolute atomic E-state index is 13.3. The Morgan fingerprint density at radius 2 is 1.79 bits per heavy atom. The van der Waals surface area contributed by atoms with Crippen LogP contribution in [0, 0.1) is 0 Å². The lowest BCUT2D eigenvalue weighted by Gasteiger charge is -2.16. The van der Waals surface area contributed by atoms with Crippen LogP contribution in [-0.2, 0) is 9.59 Å². The summed E-state index contributed by atoms with van der Waals surface area (Å²) < 4.78 is 5.67. The van der Waals surface area contributed by atoms with E-state index in [1.54, 1.807) is 18.2 Å². The summed E-state index contributed by atoms with van der Waals surface area (Å²) in [7, 11) is 0. The standard InChI is InChI=1S/C23H20N2O3S/c1-2-13-28-18-11-6-10-17(15-18)25-22(26)20(19-12-7-14-29-19)21(23(25)27)24-16-8-4-3-5-9-16/h3-12,14-15,24H,2,13H2,1H3. The van der Waals surface area contributed by atoms with E-state index in [1.807, 2.05) is 60.8 Å². The number of nitrogens with one attached hydrogen (secondary N) is 1. The molecule has 0 fully saturated rings. The predicted molar refractivity (Wildman–Crippen MR) is 116 cm³/mol. The number of rotatable bonds is 7. The van der Waals surface area contributed by atoms with Crippen LogP contribution in [0.4, 0.5) is 11.4 Å². The molecule has 5 nitrogen and oxygen atoms in total. The zero-order valence-corrected chi connectivity index (χ0v) is 16.7. The molecule has 2 amide bonds. The van der Waals surface area contributed by atoms with Crippen molar-refractivity contribution < 1.29 is 14.3 Å². The second kappa shape index (κ2) is 8.32. The van der Waals surface area contributed by atoms with Gasteiger partial charge in [-0.3, -0.25) is 9.59 Å². The lowest BCUT2D eigenvalue weighted by Crippen LogP contribution is -2.32. The van der Waals surface area contributed by atoms with Gasteiger partial charge in [-0.25, -0.2) is 4.90 Å². The molecule has 1 N–H and O–H groups in total. The van der Waals surface area contributed by atoms with Crippen LogP contribution in [-0.4, -0.2) is 18.4 Å². The lowest BCUT2D eigenvalue weighted by molar-refractivity contribution is -0.120. The first-order chi connectivity index (χ1) is 14.2. The molecule has 29 heavy (non-hydrogen) atoms. The van der Waals surface area contributed by atoms with Gasteiger partial charge in [0, 0.05) is 16.6 Å². The van der Waals surface area contributed by atoms with Gasteiger partial charge in [0.15, 0.2) is 0 Å². The number of amides is 2. The van der Waals surface area contributed by atoms with E-state index in [9.17, 15) is 9.59 Å². The summed E-state index contributed by atoms with van der Waals surface area (Å²) in [5.41, 5.74) is 1.91. The third kappa shape index (κ3) is 3.79. The minimum absolute atomic E-state index is 0.281. The summed E-state index contributed by atoms with van der Waals surface area (Å²) in [5.74, 6) is -0.0921. The molecule has 0 atom stereocenters. The van der Waals surface area contributed by atoms with E-state index in [0.717, 1.165) is 17.0 Å². The van der Waals surface area contributed by atoms with Crippen molar-refractivity contribution in [3.8, 4) is 5.75 Å². The van der Waals surface area contributed by atoms with Gasteiger partial charge in [0.05, 0.1) is 17.9 Å². The van der Waals surface area contributed by atoms with E-state index < -0.39 is 0 Å². The Morgan fingerprint density at radius 1 is 0.966 bits per heavy atom. The number of ether oxygens (including phenoxy) is 1. The zero-order chi connectivity index (χ0) is 20.2. The quantitative estimate of drug-likeness (QED) is 0.567. The highest BCUT2D eigenvalue weighted by molar-refractivity contribution is 7.11. The number of benzene rings is 2. The Bertz CT molecular complexity index is 1060. The number of hydrogen-bond acceptors (Lipinski definition) is 5. The molecule has 0 aliphatic carbocycles. The number of carbonyl (C=O) groups excluding carboxylic acids is 2. The van der Waals surface area contributed by atoms with Crippen LogP contribution in [0.15, 0.2) is 77.8 Å². The Morgan fingerprint density at radius 3 is 2.52 bits per heavy atom. The molecule has 2 aromatic carbocycles. The second-order valence-electron chi connectivity index (χ2n) is 6.51. The van der Waals surface area contributed by atoms with Gasteiger partial charge in [-0.1, -0.05) is 37.3 Å². The molecular weight excluding hydrogens is 384 g/mol. The SMILES string of the molecule is CCCOc1cccc(N2C(=O)C(Nc3ccccc3)=C(c3cccs3)C2=O)c1. The topological polar surface area (TPSA) is 58.6 Å². The smallest absolute Gasteiger partial charge is 0.282 e. The molecule has 0 radical (unpaired) electrons. The molecule has 0 spiro atoms. The van der Waals surface area contributed by atoms with E-state index in [4.69, 9.17) is 4.74 Å². The van der Waals surface area contributed by atoms with E-state index in [2.05, 4.69) is 5.32 Å². The van der Waals surface area contributed by atoms with Gasteiger partial charge in [0.2, 0.25) is 0 Å². The molecule has 0 bridgehead atoms. The van der Waals surface area contributed by atoms with Crippen LogP contribution in [0.2, 0.25) is 0 Å². The first-order valence-corrected chi connectivity index (χ1v) is 10.3. The molecule has 2 heterocycles. The number of imide groups is 1. The first kappa shape index (κ1) is 19.0. The second-order valence-corrected chi connectivity index (χ2v) is 7.46. The molecule has 1 aliphatic heterocycles. The van der Waals surface area contributed by atoms with E-state index in [-0.39, 0.29) is 17.5 Å². The molecule has 1 aliphatic rings. The summed E-state index contributed by atoms with van der Waals surface area (Å²) in [6, 6.07) is 20.2. The molecule has 0 unspecified atom stereocenters. The number of nitrogens with zero attached hydrogens (tertiary/aromatic N) is 1. The number of carbonyl (C=O) groups is 2. The van der Waals surface area contributed by atoms with E-state index in [1.165, 1.54) is 16.2 Å². The van der Waals surface area contributed by atoms with E-state index in [0.29, 0.717) is 23.6 Å². The fraction of sp³-hybridized carbons (Fsp3) is 0.130. The highest BCUT2D eigenvalue weighted by Gasteiger charge is 2.40. The Balaban J connectivity index is 1.73. The highest BCUT2D eigenvalue weighted by atomic mass is 32.1. The minimum Gasteiger partial charge on any atom is -0.494 e. The fourth-order valence-corrected chi connectivity index (χ4v) is 3.90. The molecule has 6 heteroatoms. The Labute approximate surface area is 173 Å². The third-order valence-corrected chi connectivity index (χ3v) is 5.33. The molecule has 1 aromatic heterocycles. The monoisotopic (exact) mass is 404 g/mol. The van der Waals surface area contributed by atoms with Gasteiger partial charge < -0.3 is 10.1 Å². The summed E-state index contributed by atoms with van der Waals surface area (Å²) in [6.07, 6.45) is 0.876. The van der Waals surface area contributed by atoms with Gasteiger partial charge in [0.25, 0.3) is 11.8 Å². The van der Waals surface area contributed by atoms with Crippen molar-refractivity contribution in [3.63, 3.8) is 0 Å². The maximum Gasteiger partial charge on any atom is 0.282 e. The maximum atomic E-state index is 13.3. The normalized spacial score (nSPS) is 13.9. The molecule has 146 valence electrons. The van der Waals surface area contributed by atoms with Crippen molar-refractivity contribution in [1.82, 2.24) is 0 Å². The average molecular weight is 404 g/mol. The number of anilines is 2. The summed E-state index contributed by atoms with van der Waals surface area (Å²) >= 11 is 1.43. The van der Waals surface area contributed by atoms with Crippen LogP contribution in [0.25, 0.3) is 5.57 Å². The van der Waals surface area contributed by atoms with Gasteiger partial charge >= 0.3 is 0 Å².